The quantitative estimate of drug-likeness (QED) is 0.705. The molecular weight excluding hydrogens is 334 g/mol. The normalized spacial score (nSPS) is 21.3. The largest absolute Gasteiger partial charge is 0.369 e. The number of carbonyl (C=O) groups is 2. The third-order valence-corrected chi connectivity index (χ3v) is 5.72. The van der Waals surface area contributed by atoms with E-state index in [0.717, 1.165) is 42.9 Å². The number of nitrogens with two attached hydrogens (primary N) is 1. The first kappa shape index (κ1) is 18.1. The molecule has 2 amide bonds. The molecule has 126 valence electrons. The number of para-hydroxylation sites is 1. The van der Waals surface area contributed by atoms with Crippen molar-refractivity contribution < 1.29 is 9.59 Å². The number of primary amides is 1. The topological polar surface area (TPSA) is 84.2 Å². The van der Waals surface area contributed by atoms with E-state index in [2.05, 4.69) is 10.6 Å². The number of thioether (sulfide) groups is 1. The van der Waals surface area contributed by atoms with Crippen LogP contribution in [0.15, 0.2) is 29.2 Å². The summed E-state index contributed by atoms with van der Waals surface area (Å²) >= 11 is 1.36. The molecule has 0 bridgehead atoms. The molecule has 1 aliphatic heterocycles. The molecular formula is C16H22ClN3O2S. The number of piperidine rings is 1. The van der Waals surface area contributed by atoms with Gasteiger partial charge in [-0.3, -0.25) is 9.59 Å². The highest BCUT2D eigenvalue weighted by molar-refractivity contribution is 8.00. The Kier molecular flexibility index (Phi) is 5.95. The van der Waals surface area contributed by atoms with Gasteiger partial charge in [0.15, 0.2) is 0 Å². The van der Waals surface area contributed by atoms with E-state index in [1.54, 1.807) is 0 Å². The van der Waals surface area contributed by atoms with Gasteiger partial charge in [-0.15, -0.1) is 24.2 Å². The number of halogens is 1. The maximum atomic E-state index is 12.5. The summed E-state index contributed by atoms with van der Waals surface area (Å²) in [4.78, 5) is 24.3. The fourth-order valence-electron chi connectivity index (χ4n) is 3.26. The molecule has 1 heterocycles. The van der Waals surface area contributed by atoms with Crippen LogP contribution in [0, 0.1) is 11.3 Å². The van der Waals surface area contributed by atoms with E-state index in [0.29, 0.717) is 0 Å². The molecule has 3 rings (SSSR count). The number of hydrogen-bond acceptors (Lipinski definition) is 4. The molecule has 1 aromatic rings. The molecule has 0 radical (unpaired) electrons. The zero-order chi connectivity index (χ0) is 15.6. The predicted octanol–water partition coefficient (Wildman–Crippen LogP) is 2.01. The summed E-state index contributed by atoms with van der Waals surface area (Å²) in [5.74, 6) is 0.0890. The maximum absolute atomic E-state index is 12.5. The van der Waals surface area contributed by atoms with Crippen molar-refractivity contribution in [3.05, 3.63) is 24.3 Å². The molecule has 23 heavy (non-hydrogen) atoms. The number of rotatable bonds is 5. The molecule has 1 unspecified atom stereocenters. The van der Waals surface area contributed by atoms with Crippen molar-refractivity contribution in [2.75, 3.05) is 24.2 Å². The summed E-state index contributed by atoms with van der Waals surface area (Å²) < 4.78 is 0. The Morgan fingerprint density at radius 1 is 1.30 bits per heavy atom. The molecule has 0 aromatic heterocycles. The second kappa shape index (κ2) is 7.55. The lowest BCUT2D eigenvalue weighted by molar-refractivity contribution is -0.118. The minimum absolute atomic E-state index is 0. The average Bonchev–Trinajstić information content (AvgIpc) is 3.20. The molecule has 1 aromatic carbocycles. The van der Waals surface area contributed by atoms with Crippen LogP contribution in [0.4, 0.5) is 5.69 Å². The summed E-state index contributed by atoms with van der Waals surface area (Å²) in [7, 11) is 0. The lowest BCUT2D eigenvalue weighted by atomic mass is 9.92. The van der Waals surface area contributed by atoms with Crippen molar-refractivity contribution in [3.8, 4) is 0 Å². The predicted molar refractivity (Wildman–Crippen MR) is 94.9 cm³/mol. The molecule has 5 nitrogen and oxygen atoms in total. The fourth-order valence-corrected chi connectivity index (χ4v) is 4.01. The Hall–Kier alpha value is -1.24. The summed E-state index contributed by atoms with van der Waals surface area (Å²) in [6.07, 6.45) is 3.17. The lowest BCUT2D eigenvalue weighted by Crippen LogP contribution is -2.31. The summed E-state index contributed by atoms with van der Waals surface area (Å²) in [6.45, 7) is 2.02. The van der Waals surface area contributed by atoms with E-state index in [9.17, 15) is 9.59 Å². The van der Waals surface area contributed by atoms with Crippen LogP contribution in [-0.2, 0) is 9.59 Å². The highest BCUT2D eigenvalue weighted by atomic mass is 35.5. The number of anilines is 1. The van der Waals surface area contributed by atoms with Gasteiger partial charge in [0.2, 0.25) is 11.8 Å². The van der Waals surface area contributed by atoms with Crippen LogP contribution in [0.5, 0.6) is 0 Å². The summed E-state index contributed by atoms with van der Waals surface area (Å²) in [5, 5.41) is 6.38. The third kappa shape index (κ3) is 4.19. The number of nitrogens with one attached hydrogen (secondary N) is 2. The molecule has 1 saturated carbocycles. The molecule has 2 fully saturated rings. The van der Waals surface area contributed by atoms with E-state index in [1.165, 1.54) is 11.8 Å². The van der Waals surface area contributed by atoms with Crippen molar-refractivity contribution in [1.82, 2.24) is 5.32 Å². The Labute approximate surface area is 146 Å². The average molecular weight is 356 g/mol. The molecule has 1 spiro atoms. The Morgan fingerprint density at radius 2 is 2.00 bits per heavy atom. The first-order valence-corrected chi connectivity index (χ1v) is 8.61. The standard InChI is InChI=1S/C16H21N3O2S.ClH/c17-14(20)10-22-13-4-2-1-3-12(13)19-15(21)11-9-16(11)5-7-18-8-6-16;/h1-4,11,18H,5-10H2,(H2,17,20)(H,19,21);1H. The van der Waals surface area contributed by atoms with Gasteiger partial charge in [-0.05, 0) is 49.9 Å². The van der Waals surface area contributed by atoms with E-state index >= 15 is 0 Å². The van der Waals surface area contributed by atoms with Crippen LogP contribution >= 0.6 is 24.2 Å². The van der Waals surface area contributed by atoms with Crippen molar-refractivity contribution in [3.63, 3.8) is 0 Å². The first-order chi connectivity index (χ1) is 10.6. The van der Waals surface area contributed by atoms with Gasteiger partial charge in [-0.1, -0.05) is 12.1 Å². The first-order valence-electron chi connectivity index (χ1n) is 7.62. The second-order valence-electron chi connectivity index (χ2n) is 6.11. The zero-order valence-electron chi connectivity index (χ0n) is 12.8. The van der Waals surface area contributed by atoms with Gasteiger partial charge >= 0.3 is 0 Å². The van der Waals surface area contributed by atoms with Gasteiger partial charge < -0.3 is 16.4 Å². The van der Waals surface area contributed by atoms with Crippen LogP contribution < -0.4 is 16.4 Å². The van der Waals surface area contributed by atoms with E-state index in [4.69, 9.17) is 5.73 Å². The lowest BCUT2D eigenvalue weighted by Gasteiger charge is -2.23. The smallest absolute Gasteiger partial charge is 0.228 e. The van der Waals surface area contributed by atoms with Gasteiger partial charge in [0.1, 0.15) is 0 Å². The number of carbonyl (C=O) groups excluding carboxylic acids is 2. The highest BCUT2D eigenvalue weighted by Crippen LogP contribution is 2.58. The molecule has 1 aliphatic carbocycles. The molecule has 2 aliphatic rings. The second-order valence-corrected chi connectivity index (χ2v) is 7.13. The van der Waals surface area contributed by atoms with Crippen LogP contribution in [-0.4, -0.2) is 30.7 Å². The third-order valence-electron chi connectivity index (χ3n) is 4.62. The van der Waals surface area contributed by atoms with Crippen molar-refractivity contribution in [2.24, 2.45) is 17.1 Å². The zero-order valence-corrected chi connectivity index (χ0v) is 14.5. The molecule has 7 heteroatoms. The van der Waals surface area contributed by atoms with Crippen LogP contribution in [0.2, 0.25) is 0 Å². The molecule has 4 N–H and O–H groups in total. The van der Waals surface area contributed by atoms with Crippen LogP contribution in [0.3, 0.4) is 0 Å². The van der Waals surface area contributed by atoms with Gasteiger partial charge in [-0.25, -0.2) is 0 Å². The maximum Gasteiger partial charge on any atom is 0.228 e. The van der Waals surface area contributed by atoms with Crippen molar-refractivity contribution in [2.45, 2.75) is 24.2 Å². The number of amides is 2. The van der Waals surface area contributed by atoms with E-state index in [-0.39, 0.29) is 41.3 Å². The van der Waals surface area contributed by atoms with E-state index in [1.807, 2.05) is 24.3 Å². The van der Waals surface area contributed by atoms with Crippen LogP contribution in [0.25, 0.3) is 0 Å². The molecule has 1 saturated heterocycles. The van der Waals surface area contributed by atoms with Gasteiger partial charge in [-0.2, -0.15) is 0 Å². The number of benzene rings is 1. The minimum Gasteiger partial charge on any atom is -0.369 e. The Morgan fingerprint density at radius 3 is 2.70 bits per heavy atom. The number of hydrogen-bond donors (Lipinski definition) is 3. The minimum atomic E-state index is -0.359. The Bertz CT molecular complexity index is 590. The van der Waals surface area contributed by atoms with Gasteiger partial charge in [0.25, 0.3) is 0 Å². The monoisotopic (exact) mass is 355 g/mol. The SMILES string of the molecule is Cl.NC(=O)CSc1ccccc1NC(=O)C1CC12CCNCC2. The van der Waals surface area contributed by atoms with E-state index < -0.39 is 0 Å². The van der Waals surface area contributed by atoms with Gasteiger partial charge in [0.05, 0.1) is 11.4 Å². The Balaban J connectivity index is 0.00000192. The van der Waals surface area contributed by atoms with Crippen LogP contribution in [0.1, 0.15) is 19.3 Å². The fraction of sp³-hybridized carbons (Fsp3) is 0.500. The summed E-state index contributed by atoms with van der Waals surface area (Å²) in [5.41, 5.74) is 6.19. The van der Waals surface area contributed by atoms with Crippen molar-refractivity contribution in [1.29, 1.82) is 0 Å². The van der Waals surface area contributed by atoms with Gasteiger partial charge in [0, 0.05) is 10.8 Å². The highest BCUT2D eigenvalue weighted by Gasteiger charge is 2.57. The summed E-state index contributed by atoms with van der Waals surface area (Å²) in [6, 6.07) is 7.55. The van der Waals surface area contributed by atoms with Crippen molar-refractivity contribution >= 4 is 41.7 Å². The molecule has 1 atom stereocenters.